The highest BCUT2D eigenvalue weighted by Gasteiger charge is 2.19. The van der Waals surface area contributed by atoms with E-state index in [2.05, 4.69) is 142 Å². The molecule has 1 atom stereocenters. The zero-order valence-corrected chi connectivity index (χ0v) is 46.7. The summed E-state index contributed by atoms with van der Waals surface area (Å²) in [6.45, 7) is 6.36. The smallest absolute Gasteiger partial charge is 0.306 e. The molecular weight excluding hydrogens is 889 g/mol. The van der Waals surface area contributed by atoms with E-state index >= 15 is 0 Å². The maximum atomic E-state index is 12.9. The first-order valence-corrected chi connectivity index (χ1v) is 29.5. The Balaban J connectivity index is 4.50. The van der Waals surface area contributed by atoms with Gasteiger partial charge in [0, 0.05) is 19.3 Å². The Morgan fingerprint density at radius 3 is 0.903 bits per heavy atom. The van der Waals surface area contributed by atoms with Gasteiger partial charge in [0.15, 0.2) is 6.10 Å². The van der Waals surface area contributed by atoms with E-state index in [-0.39, 0.29) is 37.5 Å². The lowest BCUT2D eigenvalue weighted by Gasteiger charge is -2.18. The highest BCUT2D eigenvalue weighted by atomic mass is 16.6. The summed E-state index contributed by atoms with van der Waals surface area (Å²) in [7, 11) is 0. The van der Waals surface area contributed by atoms with Gasteiger partial charge in [-0.3, -0.25) is 14.4 Å². The fraction of sp³-hybridized carbons (Fsp3) is 0.652. The predicted octanol–water partition coefficient (Wildman–Crippen LogP) is 20.0. The quantitative estimate of drug-likeness (QED) is 0.0261. The Morgan fingerprint density at radius 1 is 0.292 bits per heavy atom. The van der Waals surface area contributed by atoms with Gasteiger partial charge in [0.1, 0.15) is 13.2 Å². The summed E-state index contributed by atoms with van der Waals surface area (Å²) >= 11 is 0. The molecule has 6 nitrogen and oxygen atoms in total. The van der Waals surface area contributed by atoms with Crippen molar-refractivity contribution in [1.82, 2.24) is 0 Å². The van der Waals surface area contributed by atoms with E-state index in [0.717, 1.165) is 128 Å². The molecular formula is C66H108O6. The molecule has 0 aliphatic carbocycles. The zero-order valence-electron chi connectivity index (χ0n) is 46.7. The molecule has 0 saturated heterocycles. The van der Waals surface area contributed by atoms with Crippen LogP contribution in [0.2, 0.25) is 0 Å². The van der Waals surface area contributed by atoms with Crippen LogP contribution in [0.25, 0.3) is 0 Å². The fourth-order valence-corrected chi connectivity index (χ4v) is 7.86. The third-order valence-electron chi connectivity index (χ3n) is 12.2. The molecule has 0 heterocycles. The number of carbonyl (C=O) groups excluding carboxylic acids is 3. The molecule has 0 aromatic rings. The van der Waals surface area contributed by atoms with Gasteiger partial charge in [-0.05, 0) is 103 Å². The van der Waals surface area contributed by atoms with E-state index < -0.39 is 6.10 Å². The van der Waals surface area contributed by atoms with Gasteiger partial charge in [0.25, 0.3) is 0 Å². The first-order chi connectivity index (χ1) is 35.5. The molecule has 0 amide bonds. The van der Waals surface area contributed by atoms with Crippen LogP contribution in [-0.4, -0.2) is 37.2 Å². The van der Waals surface area contributed by atoms with Crippen molar-refractivity contribution in [2.24, 2.45) is 0 Å². The summed E-state index contributed by atoms with van der Waals surface area (Å²) in [5.41, 5.74) is 0. The van der Waals surface area contributed by atoms with E-state index in [9.17, 15) is 14.4 Å². The minimum absolute atomic E-state index is 0.106. The maximum absolute atomic E-state index is 12.9. The lowest BCUT2D eigenvalue weighted by atomic mass is 10.0. The SMILES string of the molecule is CC/C=C\C/C=C\C/C=C\C/C=C\C/C=C\C/C=C\C/C=C\CCCC(=O)OCC(COC(=O)CCCCCCC/C=C\C/C=C\C/C=C\CC)OC(=O)CCCCCCCCCCCCCCCCCC. The number of carbonyl (C=O) groups is 3. The van der Waals surface area contributed by atoms with Crippen molar-refractivity contribution in [1.29, 1.82) is 0 Å². The predicted molar refractivity (Wildman–Crippen MR) is 311 cm³/mol. The monoisotopic (exact) mass is 997 g/mol. The summed E-state index contributed by atoms with van der Waals surface area (Å²) in [6, 6.07) is 0. The van der Waals surface area contributed by atoms with Crippen LogP contribution >= 0.6 is 0 Å². The highest BCUT2D eigenvalue weighted by molar-refractivity contribution is 5.71. The number of rotatable bonds is 52. The number of hydrogen-bond donors (Lipinski definition) is 0. The molecule has 0 fully saturated rings. The van der Waals surface area contributed by atoms with E-state index in [1.807, 2.05) is 0 Å². The van der Waals surface area contributed by atoms with E-state index in [1.165, 1.54) is 83.5 Å². The summed E-state index contributed by atoms with van der Waals surface area (Å²) in [5.74, 6) is -0.980. The van der Waals surface area contributed by atoms with E-state index in [0.29, 0.717) is 19.3 Å². The van der Waals surface area contributed by atoms with Crippen LogP contribution in [0.3, 0.4) is 0 Å². The number of hydrogen-bond acceptors (Lipinski definition) is 6. The molecule has 408 valence electrons. The molecule has 6 heteroatoms. The summed E-state index contributed by atoms with van der Waals surface area (Å²) in [6.07, 6.45) is 81.9. The van der Waals surface area contributed by atoms with E-state index in [4.69, 9.17) is 14.2 Å². The van der Waals surface area contributed by atoms with Crippen molar-refractivity contribution in [3.05, 3.63) is 122 Å². The van der Waals surface area contributed by atoms with Crippen molar-refractivity contribution < 1.29 is 28.6 Å². The molecule has 1 unspecified atom stereocenters. The first-order valence-electron chi connectivity index (χ1n) is 29.5. The third kappa shape index (κ3) is 56.7. The summed E-state index contributed by atoms with van der Waals surface area (Å²) in [5, 5.41) is 0. The van der Waals surface area contributed by atoms with Crippen LogP contribution in [0.5, 0.6) is 0 Å². The Labute approximate surface area is 443 Å². The van der Waals surface area contributed by atoms with Crippen molar-refractivity contribution >= 4 is 17.9 Å². The second-order valence-electron chi connectivity index (χ2n) is 19.1. The molecule has 0 bridgehead atoms. The first kappa shape index (κ1) is 67.8. The Kier molecular flexibility index (Phi) is 55.9. The Bertz CT molecular complexity index is 1520. The maximum Gasteiger partial charge on any atom is 0.306 e. The van der Waals surface area contributed by atoms with Gasteiger partial charge in [0.2, 0.25) is 0 Å². The van der Waals surface area contributed by atoms with Crippen LogP contribution < -0.4 is 0 Å². The second-order valence-corrected chi connectivity index (χ2v) is 19.1. The molecule has 0 aliphatic rings. The molecule has 0 saturated carbocycles. The molecule has 0 N–H and O–H groups in total. The van der Waals surface area contributed by atoms with Gasteiger partial charge in [-0.25, -0.2) is 0 Å². The zero-order chi connectivity index (χ0) is 52.2. The normalized spacial score (nSPS) is 13.0. The van der Waals surface area contributed by atoms with Crippen LogP contribution in [0, 0.1) is 0 Å². The van der Waals surface area contributed by atoms with Crippen molar-refractivity contribution in [3.8, 4) is 0 Å². The minimum Gasteiger partial charge on any atom is -0.462 e. The van der Waals surface area contributed by atoms with Crippen molar-refractivity contribution in [3.63, 3.8) is 0 Å². The molecule has 0 aromatic heterocycles. The summed E-state index contributed by atoms with van der Waals surface area (Å²) < 4.78 is 16.8. The average Bonchev–Trinajstić information content (AvgIpc) is 3.38. The number of unbranched alkanes of at least 4 members (excludes halogenated alkanes) is 21. The highest BCUT2D eigenvalue weighted by Crippen LogP contribution is 2.15. The standard InChI is InChI=1S/C66H108O6/c1-4-7-10-13-16-19-22-25-28-30-31-32-33-34-35-36-39-41-44-47-50-53-56-59-65(68)71-62-63(61-70-64(67)58-55-52-49-46-43-40-37-27-24-21-18-15-12-9-6-3)72-66(69)60-57-54-51-48-45-42-38-29-26-23-20-17-14-11-8-5-2/h7,9-10,12,16,18-19,21,25,27-28,31-32,34-35,37,39,41,47,50,63H,4-6,8,11,13-15,17,20,22-24,26,29-30,33,36,38,40,42-46,48-49,51-62H2,1-3H3/b10-7-,12-9-,19-16-,21-18-,28-25-,32-31-,35-34-,37-27-,41-39-,50-47-. The largest absolute Gasteiger partial charge is 0.462 e. The van der Waals surface area contributed by atoms with Crippen molar-refractivity contribution in [2.75, 3.05) is 13.2 Å². The number of esters is 3. The minimum atomic E-state index is -0.811. The van der Waals surface area contributed by atoms with Gasteiger partial charge in [-0.15, -0.1) is 0 Å². The topological polar surface area (TPSA) is 78.9 Å². The molecule has 0 rings (SSSR count). The second kappa shape index (κ2) is 59.4. The van der Waals surface area contributed by atoms with Gasteiger partial charge < -0.3 is 14.2 Å². The van der Waals surface area contributed by atoms with Gasteiger partial charge in [-0.1, -0.05) is 258 Å². The number of ether oxygens (including phenoxy) is 3. The fourth-order valence-electron chi connectivity index (χ4n) is 7.86. The molecule has 0 spiro atoms. The van der Waals surface area contributed by atoms with E-state index in [1.54, 1.807) is 0 Å². The van der Waals surface area contributed by atoms with Gasteiger partial charge in [-0.2, -0.15) is 0 Å². The summed E-state index contributed by atoms with van der Waals surface area (Å²) in [4.78, 5) is 38.2. The van der Waals surface area contributed by atoms with Crippen LogP contribution in [0.1, 0.15) is 258 Å². The Hall–Kier alpha value is -4.19. The molecule has 72 heavy (non-hydrogen) atoms. The van der Waals surface area contributed by atoms with Crippen LogP contribution in [0.15, 0.2) is 122 Å². The lowest BCUT2D eigenvalue weighted by Crippen LogP contribution is -2.30. The van der Waals surface area contributed by atoms with Crippen LogP contribution in [-0.2, 0) is 28.6 Å². The molecule has 0 aromatic carbocycles. The van der Waals surface area contributed by atoms with Gasteiger partial charge in [0.05, 0.1) is 0 Å². The van der Waals surface area contributed by atoms with Crippen LogP contribution in [0.4, 0.5) is 0 Å². The number of allylic oxidation sites excluding steroid dienone is 20. The molecule has 0 radical (unpaired) electrons. The van der Waals surface area contributed by atoms with Crippen molar-refractivity contribution in [2.45, 2.75) is 264 Å². The third-order valence-corrected chi connectivity index (χ3v) is 12.2. The lowest BCUT2D eigenvalue weighted by molar-refractivity contribution is -0.167. The van der Waals surface area contributed by atoms with Gasteiger partial charge >= 0.3 is 17.9 Å². The average molecular weight is 998 g/mol. The Morgan fingerprint density at radius 2 is 0.556 bits per heavy atom. The molecule has 0 aliphatic heterocycles.